The van der Waals surface area contributed by atoms with Crippen molar-refractivity contribution >= 4 is 22.5 Å². The van der Waals surface area contributed by atoms with Gasteiger partial charge < -0.3 is 0 Å². The summed E-state index contributed by atoms with van der Waals surface area (Å²) in [7, 11) is 0. The van der Waals surface area contributed by atoms with Gasteiger partial charge in [-0.15, -0.1) is 0 Å². The van der Waals surface area contributed by atoms with Crippen molar-refractivity contribution < 1.29 is 0 Å². The molecule has 0 amide bonds. The van der Waals surface area contributed by atoms with Gasteiger partial charge in [-0.05, 0) is 35.4 Å². The van der Waals surface area contributed by atoms with E-state index >= 15 is 0 Å². The molecular formula is C15H10ClN. The third kappa shape index (κ3) is 1.90. The van der Waals surface area contributed by atoms with E-state index in [1.807, 2.05) is 54.7 Å². The fourth-order valence-corrected chi connectivity index (χ4v) is 2.10. The van der Waals surface area contributed by atoms with E-state index in [1.165, 1.54) is 5.56 Å². The van der Waals surface area contributed by atoms with Crippen molar-refractivity contribution in [2.45, 2.75) is 0 Å². The van der Waals surface area contributed by atoms with E-state index in [4.69, 9.17) is 11.6 Å². The number of benzene rings is 2. The average Bonchev–Trinajstić information content (AvgIpc) is 2.39. The Labute approximate surface area is 105 Å². The Kier molecular flexibility index (Phi) is 2.54. The first kappa shape index (κ1) is 10.3. The van der Waals surface area contributed by atoms with E-state index in [1.54, 1.807) is 0 Å². The summed E-state index contributed by atoms with van der Waals surface area (Å²) in [6.07, 6.45) is 1.84. The van der Waals surface area contributed by atoms with Gasteiger partial charge >= 0.3 is 0 Å². The molecule has 3 aromatic rings. The van der Waals surface area contributed by atoms with Gasteiger partial charge in [-0.1, -0.05) is 41.9 Å². The molecule has 0 radical (unpaired) electrons. The smallest absolute Gasteiger partial charge is 0.0708 e. The van der Waals surface area contributed by atoms with Crippen LogP contribution in [-0.2, 0) is 0 Å². The molecular weight excluding hydrogens is 230 g/mol. The lowest BCUT2D eigenvalue weighted by Crippen LogP contribution is -1.83. The molecule has 0 atom stereocenters. The van der Waals surface area contributed by atoms with Crippen molar-refractivity contribution in [3.8, 4) is 11.1 Å². The molecule has 2 aromatic carbocycles. The minimum atomic E-state index is 0.757. The van der Waals surface area contributed by atoms with Crippen LogP contribution in [0.5, 0.6) is 0 Å². The van der Waals surface area contributed by atoms with Gasteiger partial charge in [0, 0.05) is 16.6 Å². The second-order valence-electron chi connectivity index (χ2n) is 3.88. The summed E-state index contributed by atoms with van der Waals surface area (Å²) in [6.45, 7) is 0. The van der Waals surface area contributed by atoms with Crippen LogP contribution in [0.2, 0.25) is 5.02 Å². The fourth-order valence-electron chi connectivity index (χ4n) is 1.98. The number of pyridine rings is 1. The number of hydrogen-bond donors (Lipinski definition) is 0. The van der Waals surface area contributed by atoms with Crippen LogP contribution in [0.25, 0.3) is 22.0 Å². The normalized spacial score (nSPS) is 10.6. The summed E-state index contributed by atoms with van der Waals surface area (Å²) in [6, 6.07) is 18.1. The number of hydrogen-bond acceptors (Lipinski definition) is 1. The van der Waals surface area contributed by atoms with Gasteiger partial charge in [-0.2, -0.15) is 0 Å². The van der Waals surface area contributed by atoms with Crippen molar-refractivity contribution in [3.05, 3.63) is 65.8 Å². The van der Waals surface area contributed by atoms with Crippen molar-refractivity contribution in [2.75, 3.05) is 0 Å². The van der Waals surface area contributed by atoms with Gasteiger partial charge in [0.1, 0.15) is 0 Å². The fraction of sp³-hybridized carbons (Fsp3) is 0. The lowest BCUT2D eigenvalue weighted by atomic mass is 10.0. The van der Waals surface area contributed by atoms with Crippen molar-refractivity contribution in [1.82, 2.24) is 4.98 Å². The SMILES string of the molecule is Clc1ccc(-c2ccnc3ccccc23)cc1. The molecule has 1 heterocycles. The molecule has 17 heavy (non-hydrogen) atoms. The van der Waals surface area contributed by atoms with Gasteiger partial charge in [-0.25, -0.2) is 0 Å². The van der Waals surface area contributed by atoms with E-state index in [2.05, 4.69) is 11.1 Å². The third-order valence-electron chi connectivity index (χ3n) is 2.80. The summed E-state index contributed by atoms with van der Waals surface area (Å²) in [5.41, 5.74) is 3.36. The lowest BCUT2D eigenvalue weighted by molar-refractivity contribution is 1.41. The van der Waals surface area contributed by atoms with Crippen molar-refractivity contribution in [2.24, 2.45) is 0 Å². The van der Waals surface area contributed by atoms with Crippen LogP contribution < -0.4 is 0 Å². The summed E-state index contributed by atoms with van der Waals surface area (Å²) in [5, 5.41) is 1.92. The van der Waals surface area contributed by atoms with E-state index in [-0.39, 0.29) is 0 Å². The Hall–Kier alpha value is -1.86. The maximum atomic E-state index is 5.91. The molecule has 82 valence electrons. The van der Waals surface area contributed by atoms with Gasteiger partial charge in [0.2, 0.25) is 0 Å². The van der Waals surface area contributed by atoms with Crippen LogP contribution >= 0.6 is 11.6 Å². The minimum absolute atomic E-state index is 0.757. The standard InChI is InChI=1S/C15H10ClN/c16-12-7-5-11(6-8-12)13-9-10-17-15-4-2-1-3-14(13)15/h1-10H. The van der Waals surface area contributed by atoms with Gasteiger partial charge in [0.15, 0.2) is 0 Å². The molecule has 0 fully saturated rings. The van der Waals surface area contributed by atoms with Gasteiger partial charge in [0.25, 0.3) is 0 Å². The first-order chi connectivity index (χ1) is 8.34. The molecule has 0 unspecified atom stereocenters. The summed E-state index contributed by atoms with van der Waals surface area (Å²) < 4.78 is 0. The lowest BCUT2D eigenvalue weighted by Gasteiger charge is -2.05. The molecule has 0 aliphatic heterocycles. The zero-order valence-electron chi connectivity index (χ0n) is 9.10. The van der Waals surface area contributed by atoms with Gasteiger partial charge in [0.05, 0.1) is 5.52 Å². The predicted octanol–water partition coefficient (Wildman–Crippen LogP) is 4.56. The average molecular weight is 240 g/mol. The highest BCUT2D eigenvalue weighted by molar-refractivity contribution is 6.30. The number of halogens is 1. The highest BCUT2D eigenvalue weighted by atomic mass is 35.5. The molecule has 1 aromatic heterocycles. The topological polar surface area (TPSA) is 12.9 Å². The molecule has 2 heteroatoms. The van der Waals surface area contributed by atoms with E-state index in [0.717, 1.165) is 21.5 Å². The zero-order chi connectivity index (χ0) is 11.7. The third-order valence-corrected chi connectivity index (χ3v) is 3.06. The number of aromatic nitrogens is 1. The molecule has 0 spiro atoms. The molecule has 0 aliphatic carbocycles. The molecule has 0 saturated heterocycles. The Balaban J connectivity index is 2.27. The molecule has 0 N–H and O–H groups in total. The molecule has 0 aliphatic rings. The van der Waals surface area contributed by atoms with Crippen LogP contribution in [-0.4, -0.2) is 4.98 Å². The predicted molar refractivity (Wildman–Crippen MR) is 72.2 cm³/mol. The van der Waals surface area contributed by atoms with E-state index in [9.17, 15) is 0 Å². The maximum absolute atomic E-state index is 5.91. The highest BCUT2D eigenvalue weighted by Crippen LogP contribution is 2.27. The van der Waals surface area contributed by atoms with Crippen LogP contribution in [0.4, 0.5) is 0 Å². The Morgan fingerprint density at radius 2 is 1.59 bits per heavy atom. The maximum Gasteiger partial charge on any atom is 0.0708 e. The number of fused-ring (bicyclic) bond motifs is 1. The monoisotopic (exact) mass is 239 g/mol. The largest absolute Gasteiger partial charge is 0.256 e. The molecule has 0 saturated carbocycles. The van der Waals surface area contributed by atoms with Crippen LogP contribution in [0.1, 0.15) is 0 Å². The van der Waals surface area contributed by atoms with E-state index in [0.29, 0.717) is 0 Å². The number of rotatable bonds is 1. The quantitative estimate of drug-likeness (QED) is 0.607. The van der Waals surface area contributed by atoms with Crippen molar-refractivity contribution in [3.63, 3.8) is 0 Å². The second-order valence-corrected chi connectivity index (χ2v) is 4.32. The molecule has 3 rings (SSSR count). The zero-order valence-corrected chi connectivity index (χ0v) is 9.85. The van der Waals surface area contributed by atoms with Crippen LogP contribution in [0.3, 0.4) is 0 Å². The Morgan fingerprint density at radius 1 is 0.824 bits per heavy atom. The number of nitrogens with zero attached hydrogens (tertiary/aromatic N) is 1. The Bertz CT molecular complexity index is 654. The molecule has 1 nitrogen and oxygen atoms in total. The molecule has 0 bridgehead atoms. The summed E-state index contributed by atoms with van der Waals surface area (Å²) in [5.74, 6) is 0. The minimum Gasteiger partial charge on any atom is -0.256 e. The number of para-hydroxylation sites is 1. The van der Waals surface area contributed by atoms with Crippen molar-refractivity contribution in [1.29, 1.82) is 0 Å². The first-order valence-electron chi connectivity index (χ1n) is 5.44. The summed E-state index contributed by atoms with van der Waals surface area (Å²) >= 11 is 5.91. The van der Waals surface area contributed by atoms with Crippen LogP contribution in [0.15, 0.2) is 60.8 Å². The summed E-state index contributed by atoms with van der Waals surface area (Å²) in [4.78, 5) is 4.36. The van der Waals surface area contributed by atoms with Crippen LogP contribution in [0, 0.1) is 0 Å². The Morgan fingerprint density at radius 3 is 2.41 bits per heavy atom. The van der Waals surface area contributed by atoms with E-state index < -0.39 is 0 Å². The highest BCUT2D eigenvalue weighted by Gasteiger charge is 2.03. The first-order valence-corrected chi connectivity index (χ1v) is 5.82. The van der Waals surface area contributed by atoms with Gasteiger partial charge in [-0.3, -0.25) is 4.98 Å². The second kappa shape index (κ2) is 4.19.